The van der Waals surface area contributed by atoms with E-state index in [4.69, 9.17) is 5.11 Å². The number of carbonyl (C=O) groups excluding carboxylic acids is 1. The van der Waals surface area contributed by atoms with Gasteiger partial charge in [0.2, 0.25) is 10.0 Å². The second-order valence-electron chi connectivity index (χ2n) is 6.22. The molecule has 1 fully saturated rings. The zero-order valence-electron chi connectivity index (χ0n) is 14.3. The Bertz CT molecular complexity index is 748. The first-order chi connectivity index (χ1) is 11.7. The standard InChI is InChI=1S/C16H23N3O5S/c1-18(2)25(23,24)14-7-3-5-12(9-14)10-17-16(22)19-8-4-6-13(11-19)15(20)21/h3,5,7,9,13H,4,6,8,10-11H2,1-2H3,(H,17,22)(H,20,21). The number of carboxylic acids is 1. The van der Waals surface area contributed by atoms with Crippen LogP contribution in [0.4, 0.5) is 4.79 Å². The lowest BCUT2D eigenvalue weighted by Crippen LogP contribution is -2.46. The molecule has 1 aromatic rings. The number of amides is 2. The van der Waals surface area contributed by atoms with Crippen LogP contribution in [0.5, 0.6) is 0 Å². The number of aliphatic carboxylic acids is 1. The summed E-state index contributed by atoms with van der Waals surface area (Å²) in [6, 6.07) is 6.03. The van der Waals surface area contributed by atoms with Crippen molar-refractivity contribution in [1.82, 2.24) is 14.5 Å². The number of nitrogens with zero attached hydrogens (tertiary/aromatic N) is 2. The number of urea groups is 1. The average molecular weight is 369 g/mol. The Labute approximate surface area is 147 Å². The van der Waals surface area contributed by atoms with Crippen LogP contribution in [0.2, 0.25) is 0 Å². The van der Waals surface area contributed by atoms with Gasteiger partial charge >= 0.3 is 12.0 Å². The largest absolute Gasteiger partial charge is 0.481 e. The molecule has 1 unspecified atom stereocenters. The number of benzene rings is 1. The summed E-state index contributed by atoms with van der Waals surface area (Å²) in [5, 5.41) is 11.8. The van der Waals surface area contributed by atoms with Gasteiger partial charge in [-0.15, -0.1) is 0 Å². The lowest BCUT2D eigenvalue weighted by atomic mass is 9.99. The van der Waals surface area contributed by atoms with Crippen molar-refractivity contribution in [2.75, 3.05) is 27.2 Å². The maximum atomic E-state index is 12.2. The zero-order valence-corrected chi connectivity index (χ0v) is 15.1. The lowest BCUT2D eigenvalue weighted by molar-refractivity contribution is -0.143. The lowest BCUT2D eigenvalue weighted by Gasteiger charge is -2.30. The molecular formula is C16H23N3O5S. The number of hydrogen-bond acceptors (Lipinski definition) is 4. The van der Waals surface area contributed by atoms with Gasteiger partial charge in [-0.3, -0.25) is 4.79 Å². The zero-order chi connectivity index (χ0) is 18.6. The predicted molar refractivity (Wildman–Crippen MR) is 91.5 cm³/mol. The highest BCUT2D eigenvalue weighted by Gasteiger charge is 2.28. The smallest absolute Gasteiger partial charge is 0.317 e. The minimum absolute atomic E-state index is 0.160. The molecule has 1 aliphatic heterocycles. The van der Waals surface area contributed by atoms with E-state index in [1.165, 1.54) is 31.1 Å². The van der Waals surface area contributed by atoms with Crippen molar-refractivity contribution < 1.29 is 23.1 Å². The molecule has 2 rings (SSSR count). The Hall–Kier alpha value is -2.13. The van der Waals surface area contributed by atoms with E-state index in [-0.39, 0.29) is 24.0 Å². The number of piperidine rings is 1. The summed E-state index contributed by atoms with van der Waals surface area (Å²) >= 11 is 0. The number of hydrogen-bond donors (Lipinski definition) is 2. The normalized spacial score (nSPS) is 18.2. The number of likely N-dealkylation sites (tertiary alicyclic amines) is 1. The molecule has 8 nitrogen and oxygen atoms in total. The first kappa shape index (κ1) is 19.2. The molecule has 2 amide bonds. The molecular weight excluding hydrogens is 346 g/mol. The van der Waals surface area contributed by atoms with Crippen molar-refractivity contribution in [2.45, 2.75) is 24.3 Å². The summed E-state index contributed by atoms with van der Waals surface area (Å²) in [6.07, 6.45) is 1.23. The van der Waals surface area contributed by atoms with Crippen LogP contribution < -0.4 is 5.32 Å². The van der Waals surface area contributed by atoms with Gasteiger partial charge in [-0.05, 0) is 30.5 Å². The first-order valence-electron chi connectivity index (χ1n) is 7.99. The molecule has 0 radical (unpaired) electrons. The van der Waals surface area contributed by atoms with Gasteiger partial charge in [0.15, 0.2) is 0 Å². The van der Waals surface area contributed by atoms with Crippen LogP contribution in [0.3, 0.4) is 0 Å². The van der Waals surface area contributed by atoms with Gasteiger partial charge in [0.1, 0.15) is 0 Å². The molecule has 0 spiro atoms. The predicted octanol–water partition coefficient (Wildman–Crippen LogP) is 0.943. The number of carbonyl (C=O) groups is 2. The molecule has 0 aliphatic carbocycles. The van der Waals surface area contributed by atoms with Gasteiger partial charge in [0.05, 0.1) is 10.8 Å². The van der Waals surface area contributed by atoms with Crippen molar-refractivity contribution in [3.63, 3.8) is 0 Å². The highest BCUT2D eigenvalue weighted by atomic mass is 32.2. The second-order valence-corrected chi connectivity index (χ2v) is 8.37. The highest BCUT2D eigenvalue weighted by Crippen LogP contribution is 2.17. The maximum Gasteiger partial charge on any atom is 0.317 e. The quantitative estimate of drug-likeness (QED) is 0.803. The van der Waals surface area contributed by atoms with Gasteiger partial charge in [0.25, 0.3) is 0 Å². The minimum atomic E-state index is -3.53. The van der Waals surface area contributed by atoms with E-state index in [1.807, 2.05) is 0 Å². The van der Waals surface area contributed by atoms with Crippen molar-refractivity contribution in [3.8, 4) is 0 Å². The van der Waals surface area contributed by atoms with Crippen molar-refractivity contribution in [2.24, 2.45) is 5.92 Å². The molecule has 0 aromatic heterocycles. The van der Waals surface area contributed by atoms with E-state index in [0.29, 0.717) is 24.9 Å². The van der Waals surface area contributed by atoms with Gasteiger partial charge in [-0.25, -0.2) is 17.5 Å². The van der Waals surface area contributed by atoms with E-state index in [1.54, 1.807) is 12.1 Å². The van der Waals surface area contributed by atoms with E-state index in [0.717, 1.165) is 4.31 Å². The Kier molecular flexibility index (Phi) is 6.02. The SMILES string of the molecule is CN(C)S(=O)(=O)c1cccc(CNC(=O)N2CCCC(C(=O)O)C2)c1. The average Bonchev–Trinajstić information content (AvgIpc) is 2.59. The molecule has 1 saturated heterocycles. The topological polar surface area (TPSA) is 107 Å². The van der Waals surface area contributed by atoms with Crippen molar-refractivity contribution >= 4 is 22.0 Å². The Balaban J connectivity index is 1.99. The van der Waals surface area contributed by atoms with Crippen LogP contribution in [-0.2, 0) is 21.4 Å². The Morgan fingerprint density at radius 1 is 1.36 bits per heavy atom. The minimum Gasteiger partial charge on any atom is -0.481 e. The second kappa shape index (κ2) is 7.83. The fraction of sp³-hybridized carbons (Fsp3) is 0.500. The third-order valence-electron chi connectivity index (χ3n) is 4.18. The summed E-state index contributed by atoms with van der Waals surface area (Å²) in [4.78, 5) is 24.9. The molecule has 1 atom stereocenters. The van der Waals surface area contributed by atoms with Crippen LogP contribution in [0.15, 0.2) is 29.2 Å². The highest BCUT2D eigenvalue weighted by molar-refractivity contribution is 7.89. The Morgan fingerprint density at radius 3 is 2.72 bits per heavy atom. The van der Waals surface area contributed by atoms with Crippen LogP contribution >= 0.6 is 0 Å². The fourth-order valence-corrected chi connectivity index (χ4v) is 3.65. The summed E-state index contributed by atoms with van der Waals surface area (Å²) in [6.45, 7) is 0.880. The van der Waals surface area contributed by atoms with Gasteiger partial charge in [-0.2, -0.15) is 0 Å². The van der Waals surface area contributed by atoms with Gasteiger partial charge in [-0.1, -0.05) is 12.1 Å². The third kappa shape index (κ3) is 4.70. The summed E-state index contributed by atoms with van der Waals surface area (Å²) < 4.78 is 25.4. The molecule has 1 heterocycles. The number of carboxylic acid groups (broad SMARTS) is 1. The monoisotopic (exact) mass is 369 g/mol. The molecule has 1 aliphatic rings. The van der Waals surface area contributed by atoms with Crippen LogP contribution in [0.25, 0.3) is 0 Å². The molecule has 0 bridgehead atoms. The maximum absolute atomic E-state index is 12.2. The Morgan fingerprint density at radius 2 is 2.08 bits per heavy atom. The van der Waals surface area contributed by atoms with Crippen molar-refractivity contribution in [1.29, 1.82) is 0 Å². The number of nitrogens with one attached hydrogen (secondary N) is 1. The molecule has 25 heavy (non-hydrogen) atoms. The molecule has 9 heteroatoms. The summed E-state index contributed by atoms with van der Waals surface area (Å²) in [5.41, 5.74) is 0.656. The van der Waals surface area contributed by atoms with Crippen LogP contribution in [-0.4, -0.2) is 61.9 Å². The van der Waals surface area contributed by atoms with Gasteiger partial charge < -0.3 is 15.3 Å². The van der Waals surface area contributed by atoms with E-state index in [2.05, 4.69) is 5.32 Å². The fourth-order valence-electron chi connectivity index (χ4n) is 2.68. The van der Waals surface area contributed by atoms with Gasteiger partial charge in [0, 0.05) is 33.7 Å². The summed E-state index contributed by atoms with van der Waals surface area (Å²) in [7, 11) is -0.616. The number of rotatable bonds is 5. The molecule has 138 valence electrons. The van der Waals surface area contributed by atoms with E-state index in [9.17, 15) is 18.0 Å². The molecule has 0 saturated carbocycles. The molecule has 2 N–H and O–H groups in total. The van der Waals surface area contributed by atoms with Crippen molar-refractivity contribution in [3.05, 3.63) is 29.8 Å². The van der Waals surface area contributed by atoms with E-state index >= 15 is 0 Å². The number of sulfonamides is 1. The van der Waals surface area contributed by atoms with E-state index < -0.39 is 21.9 Å². The van der Waals surface area contributed by atoms with Crippen LogP contribution in [0.1, 0.15) is 18.4 Å². The third-order valence-corrected chi connectivity index (χ3v) is 5.99. The first-order valence-corrected chi connectivity index (χ1v) is 9.43. The molecule has 1 aromatic carbocycles. The van der Waals surface area contributed by atoms with Crippen LogP contribution in [0, 0.1) is 5.92 Å². The summed E-state index contributed by atoms with van der Waals surface area (Å²) in [5.74, 6) is -1.42.